The number of halogens is 2. The van der Waals surface area contributed by atoms with Gasteiger partial charge < -0.3 is 10.0 Å². The second-order valence-corrected chi connectivity index (χ2v) is 6.59. The molecule has 0 spiro atoms. The number of carboxylic acid groups (broad SMARTS) is 1. The molecule has 1 unspecified atom stereocenters. The van der Waals surface area contributed by atoms with Crippen LogP contribution in [0.2, 0.25) is 10.0 Å². The van der Waals surface area contributed by atoms with Crippen molar-refractivity contribution in [1.29, 1.82) is 0 Å². The number of thioether (sulfide) groups is 1. The molecule has 2 rings (SSSR count). The highest BCUT2D eigenvalue weighted by Crippen LogP contribution is 2.35. The topological polar surface area (TPSA) is 57.6 Å². The molecule has 1 atom stereocenters. The lowest BCUT2D eigenvalue weighted by atomic mass is 10.1. The molecule has 1 fully saturated rings. The third-order valence-corrected chi connectivity index (χ3v) is 4.94. The Morgan fingerprint density at radius 2 is 1.95 bits per heavy atom. The Morgan fingerprint density at radius 1 is 1.33 bits per heavy atom. The van der Waals surface area contributed by atoms with Gasteiger partial charge in [0.25, 0.3) is 5.91 Å². The van der Waals surface area contributed by atoms with Crippen LogP contribution in [0.1, 0.15) is 30.1 Å². The summed E-state index contributed by atoms with van der Waals surface area (Å²) in [6.45, 7) is 1.51. The molecule has 114 valence electrons. The maximum Gasteiger partial charge on any atom is 0.326 e. The van der Waals surface area contributed by atoms with E-state index < -0.39 is 12.0 Å². The van der Waals surface area contributed by atoms with Crippen LogP contribution >= 0.6 is 35.0 Å². The summed E-state index contributed by atoms with van der Waals surface area (Å²) in [5, 5.41) is 9.91. The monoisotopic (exact) mass is 347 g/mol. The molecule has 21 heavy (non-hydrogen) atoms. The standard InChI is InChI=1S/C14H15Cl2NO3S/c1-7(14(19)20)17(8-3-4-8)13(18)9-5-12(21-2)11(16)6-10(9)15/h5-8H,3-4H2,1-2H3,(H,19,20). The van der Waals surface area contributed by atoms with Crippen LogP contribution in [-0.2, 0) is 4.79 Å². The molecular weight excluding hydrogens is 333 g/mol. The fraction of sp³-hybridized carbons (Fsp3) is 0.429. The van der Waals surface area contributed by atoms with E-state index in [2.05, 4.69) is 0 Å². The van der Waals surface area contributed by atoms with Crippen LogP contribution < -0.4 is 0 Å². The van der Waals surface area contributed by atoms with Crippen LogP contribution in [0.15, 0.2) is 17.0 Å². The maximum atomic E-state index is 12.7. The average molecular weight is 348 g/mol. The number of carbonyl (C=O) groups is 2. The van der Waals surface area contributed by atoms with Crippen molar-refractivity contribution in [1.82, 2.24) is 4.90 Å². The van der Waals surface area contributed by atoms with Gasteiger partial charge in [0.1, 0.15) is 6.04 Å². The van der Waals surface area contributed by atoms with Gasteiger partial charge in [-0.25, -0.2) is 4.79 Å². The molecule has 1 saturated carbocycles. The highest BCUT2D eigenvalue weighted by molar-refractivity contribution is 7.98. The Balaban J connectivity index is 2.39. The highest BCUT2D eigenvalue weighted by Gasteiger charge is 2.39. The van der Waals surface area contributed by atoms with Crippen LogP contribution in [0.3, 0.4) is 0 Å². The fourth-order valence-electron chi connectivity index (χ4n) is 2.12. The number of nitrogens with zero attached hydrogens (tertiary/aromatic N) is 1. The molecule has 0 aliphatic heterocycles. The third-order valence-electron chi connectivity index (χ3n) is 3.42. The van der Waals surface area contributed by atoms with E-state index in [0.717, 1.165) is 17.7 Å². The van der Waals surface area contributed by atoms with Gasteiger partial charge in [-0.3, -0.25) is 4.79 Å². The van der Waals surface area contributed by atoms with E-state index in [0.29, 0.717) is 10.6 Å². The number of carboxylic acids is 1. The van der Waals surface area contributed by atoms with Crippen molar-refractivity contribution in [3.05, 3.63) is 27.7 Å². The number of rotatable bonds is 5. The lowest BCUT2D eigenvalue weighted by Gasteiger charge is -2.27. The Morgan fingerprint density at radius 3 is 2.43 bits per heavy atom. The molecular formula is C14H15Cl2NO3S. The normalized spacial score (nSPS) is 15.6. The quantitative estimate of drug-likeness (QED) is 0.823. The van der Waals surface area contributed by atoms with E-state index in [4.69, 9.17) is 23.2 Å². The van der Waals surface area contributed by atoms with E-state index >= 15 is 0 Å². The largest absolute Gasteiger partial charge is 0.480 e. The zero-order chi connectivity index (χ0) is 15.7. The molecule has 0 radical (unpaired) electrons. The minimum atomic E-state index is -1.02. The Kier molecular flexibility index (Phi) is 5.07. The molecule has 1 N–H and O–H groups in total. The first-order valence-electron chi connectivity index (χ1n) is 6.45. The minimum absolute atomic E-state index is 0.0203. The zero-order valence-electron chi connectivity index (χ0n) is 11.6. The van der Waals surface area contributed by atoms with Crippen molar-refractivity contribution in [2.24, 2.45) is 0 Å². The molecule has 1 aromatic carbocycles. The van der Waals surface area contributed by atoms with Gasteiger partial charge in [-0.2, -0.15) is 0 Å². The van der Waals surface area contributed by atoms with Gasteiger partial charge in [-0.05, 0) is 38.2 Å². The van der Waals surface area contributed by atoms with Gasteiger partial charge in [-0.15, -0.1) is 11.8 Å². The Bertz CT molecular complexity index is 590. The summed E-state index contributed by atoms with van der Waals surface area (Å²) in [7, 11) is 0. The van der Waals surface area contributed by atoms with E-state index in [1.807, 2.05) is 6.26 Å². The van der Waals surface area contributed by atoms with Crippen LogP contribution in [0.25, 0.3) is 0 Å². The van der Waals surface area contributed by atoms with Crippen LogP contribution in [0.4, 0.5) is 0 Å². The lowest BCUT2D eigenvalue weighted by Crippen LogP contribution is -2.44. The van der Waals surface area contributed by atoms with Gasteiger partial charge >= 0.3 is 5.97 Å². The fourth-order valence-corrected chi connectivity index (χ4v) is 3.30. The SMILES string of the molecule is CSc1cc(C(=O)N(C2CC2)C(C)C(=O)O)c(Cl)cc1Cl. The molecule has 0 aromatic heterocycles. The first kappa shape index (κ1) is 16.5. The van der Waals surface area contributed by atoms with Crippen molar-refractivity contribution >= 4 is 46.8 Å². The second kappa shape index (κ2) is 6.46. The van der Waals surface area contributed by atoms with Crippen molar-refractivity contribution in [2.75, 3.05) is 6.26 Å². The molecule has 0 saturated heterocycles. The Hall–Kier alpha value is -0.910. The zero-order valence-corrected chi connectivity index (χ0v) is 13.9. The molecule has 1 aliphatic carbocycles. The molecule has 4 nitrogen and oxygen atoms in total. The molecule has 0 heterocycles. The van der Waals surface area contributed by atoms with Crippen molar-refractivity contribution in [3.63, 3.8) is 0 Å². The summed E-state index contributed by atoms with van der Waals surface area (Å²) >= 11 is 13.6. The van der Waals surface area contributed by atoms with E-state index in [-0.39, 0.29) is 17.0 Å². The van der Waals surface area contributed by atoms with Crippen LogP contribution in [0, 0.1) is 0 Å². The van der Waals surface area contributed by atoms with Gasteiger partial charge in [0.2, 0.25) is 0 Å². The summed E-state index contributed by atoms with van der Waals surface area (Å²) in [6, 6.07) is 2.25. The summed E-state index contributed by atoms with van der Waals surface area (Å²) < 4.78 is 0. The summed E-state index contributed by atoms with van der Waals surface area (Å²) in [6.07, 6.45) is 3.50. The first-order chi connectivity index (χ1) is 9.86. The molecule has 0 bridgehead atoms. The van der Waals surface area contributed by atoms with Crippen LogP contribution in [-0.4, -0.2) is 40.2 Å². The Labute approximate surface area is 137 Å². The van der Waals surface area contributed by atoms with Crippen molar-refractivity contribution < 1.29 is 14.7 Å². The molecule has 7 heteroatoms. The number of benzene rings is 1. The predicted octanol–water partition coefficient (Wildman–Crippen LogP) is 3.79. The molecule has 1 aromatic rings. The third kappa shape index (κ3) is 3.47. The average Bonchev–Trinajstić information content (AvgIpc) is 3.23. The summed E-state index contributed by atoms with van der Waals surface area (Å²) in [5.74, 6) is -1.38. The maximum absolute atomic E-state index is 12.7. The number of aliphatic carboxylic acids is 1. The van der Waals surface area contributed by atoms with E-state index in [1.165, 1.54) is 29.7 Å². The van der Waals surface area contributed by atoms with Crippen LogP contribution in [0.5, 0.6) is 0 Å². The van der Waals surface area contributed by atoms with Gasteiger partial charge in [-0.1, -0.05) is 23.2 Å². The smallest absolute Gasteiger partial charge is 0.326 e. The van der Waals surface area contributed by atoms with E-state index in [9.17, 15) is 14.7 Å². The van der Waals surface area contributed by atoms with Crippen molar-refractivity contribution in [2.45, 2.75) is 36.7 Å². The predicted molar refractivity (Wildman–Crippen MR) is 84.5 cm³/mol. The highest BCUT2D eigenvalue weighted by atomic mass is 35.5. The number of hydrogen-bond donors (Lipinski definition) is 1. The molecule has 1 aliphatic rings. The van der Waals surface area contributed by atoms with Crippen molar-refractivity contribution in [3.8, 4) is 0 Å². The number of amides is 1. The van der Waals surface area contributed by atoms with E-state index in [1.54, 1.807) is 6.07 Å². The first-order valence-corrected chi connectivity index (χ1v) is 8.43. The summed E-state index contributed by atoms with van der Waals surface area (Å²) in [4.78, 5) is 26.1. The second-order valence-electron chi connectivity index (χ2n) is 4.92. The van der Waals surface area contributed by atoms with Gasteiger partial charge in [0.15, 0.2) is 0 Å². The lowest BCUT2D eigenvalue weighted by molar-refractivity contribution is -0.141. The number of carbonyl (C=O) groups excluding carboxylic acids is 1. The summed E-state index contributed by atoms with van der Waals surface area (Å²) in [5.41, 5.74) is 0.297. The molecule has 1 amide bonds. The van der Waals surface area contributed by atoms with Gasteiger partial charge in [0, 0.05) is 10.9 Å². The number of hydrogen-bond acceptors (Lipinski definition) is 3. The minimum Gasteiger partial charge on any atom is -0.480 e. The van der Waals surface area contributed by atoms with Gasteiger partial charge in [0.05, 0.1) is 15.6 Å².